The highest BCUT2D eigenvalue weighted by molar-refractivity contribution is 6.31. The molecule has 1 heterocycles. The van der Waals surface area contributed by atoms with Crippen LogP contribution in [0.4, 0.5) is 0 Å². The zero-order chi connectivity index (χ0) is 8.43. The topological polar surface area (TPSA) is 64.3 Å². The molecule has 60 valence electrons. The Balaban J connectivity index is 3.41. The van der Waals surface area contributed by atoms with Crippen LogP contribution in [0, 0.1) is 0 Å². The van der Waals surface area contributed by atoms with Crippen LogP contribution in [0.1, 0.15) is 0 Å². The molecule has 0 aromatic carbocycles. The van der Waals surface area contributed by atoms with Crippen molar-refractivity contribution in [2.24, 2.45) is 0 Å². The van der Waals surface area contributed by atoms with Crippen LogP contribution in [0.3, 0.4) is 0 Å². The molecule has 1 rings (SSSR count). The maximum atomic E-state index is 10.9. The van der Waals surface area contributed by atoms with Crippen LogP contribution in [-0.2, 0) is 0 Å². The normalized spacial score (nSPS) is 9.64. The van der Waals surface area contributed by atoms with E-state index >= 15 is 0 Å². The van der Waals surface area contributed by atoms with Gasteiger partial charge < -0.3 is 9.94 Å². The van der Waals surface area contributed by atoms with E-state index in [2.05, 4.69) is 9.84 Å². The summed E-state index contributed by atoms with van der Waals surface area (Å²) in [5, 5.41) is 12.0. The first-order valence-electron chi connectivity index (χ1n) is 2.68. The Labute approximate surface area is 66.7 Å². The SMILES string of the molecule is COc1c(Cl)cnn(O)c1=O. The minimum Gasteiger partial charge on any atom is -0.490 e. The van der Waals surface area contributed by atoms with Crippen LogP contribution in [-0.4, -0.2) is 22.3 Å². The smallest absolute Gasteiger partial charge is 0.345 e. The van der Waals surface area contributed by atoms with E-state index in [1.165, 1.54) is 7.11 Å². The number of halogens is 1. The molecule has 1 N–H and O–H groups in total. The van der Waals surface area contributed by atoms with Gasteiger partial charge in [0.1, 0.15) is 5.02 Å². The molecular weight excluding hydrogens is 172 g/mol. The second kappa shape index (κ2) is 2.79. The Morgan fingerprint density at radius 1 is 1.82 bits per heavy atom. The van der Waals surface area contributed by atoms with Crippen LogP contribution < -0.4 is 10.3 Å². The first-order valence-corrected chi connectivity index (χ1v) is 3.05. The first kappa shape index (κ1) is 7.87. The van der Waals surface area contributed by atoms with E-state index in [-0.39, 0.29) is 15.6 Å². The summed E-state index contributed by atoms with van der Waals surface area (Å²) in [5.41, 5.74) is -0.778. The molecule has 0 amide bonds. The van der Waals surface area contributed by atoms with E-state index in [1.807, 2.05) is 0 Å². The fourth-order valence-electron chi connectivity index (χ4n) is 0.594. The number of hydrogen-bond acceptors (Lipinski definition) is 4. The maximum absolute atomic E-state index is 10.9. The van der Waals surface area contributed by atoms with Crippen LogP contribution in [0.2, 0.25) is 5.02 Å². The zero-order valence-corrected chi connectivity index (χ0v) is 6.37. The van der Waals surface area contributed by atoms with Gasteiger partial charge in [0.25, 0.3) is 0 Å². The molecule has 5 nitrogen and oxygen atoms in total. The van der Waals surface area contributed by atoms with Gasteiger partial charge in [-0.3, -0.25) is 4.79 Å². The minimum atomic E-state index is -0.778. The van der Waals surface area contributed by atoms with Gasteiger partial charge in [-0.25, -0.2) is 0 Å². The van der Waals surface area contributed by atoms with Crippen molar-refractivity contribution < 1.29 is 9.94 Å². The number of rotatable bonds is 1. The van der Waals surface area contributed by atoms with Gasteiger partial charge >= 0.3 is 5.56 Å². The fourth-order valence-corrected chi connectivity index (χ4v) is 0.796. The molecule has 0 aliphatic carbocycles. The van der Waals surface area contributed by atoms with Crippen molar-refractivity contribution in [3.63, 3.8) is 0 Å². The molecule has 0 saturated heterocycles. The number of hydrogen-bond donors (Lipinski definition) is 1. The number of methoxy groups -OCH3 is 1. The molecule has 0 unspecified atom stereocenters. The van der Waals surface area contributed by atoms with Crippen LogP contribution in [0.15, 0.2) is 11.0 Å². The summed E-state index contributed by atoms with van der Waals surface area (Å²) in [6.45, 7) is 0. The molecule has 6 heteroatoms. The van der Waals surface area contributed by atoms with Crippen molar-refractivity contribution in [2.45, 2.75) is 0 Å². The van der Waals surface area contributed by atoms with Gasteiger partial charge in [-0.05, 0) is 0 Å². The molecule has 0 saturated carbocycles. The van der Waals surface area contributed by atoms with Crippen molar-refractivity contribution in [3.8, 4) is 5.75 Å². The summed E-state index contributed by atoms with van der Waals surface area (Å²) in [4.78, 5) is 11.0. The maximum Gasteiger partial charge on any atom is 0.345 e. The largest absolute Gasteiger partial charge is 0.490 e. The molecule has 0 spiro atoms. The summed E-state index contributed by atoms with van der Waals surface area (Å²) >= 11 is 5.49. The van der Waals surface area contributed by atoms with Gasteiger partial charge in [-0.1, -0.05) is 16.4 Å². The van der Waals surface area contributed by atoms with Crippen molar-refractivity contribution >= 4 is 11.6 Å². The van der Waals surface area contributed by atoms with E-state index in [0.29, 0.717) is 0 Å². The van der Waals surface area contributed by atoms with Crippen LogP contribution in [0.5, 0.6) is 5.75 Å². The Morgan fingerprint density at radius 3 is 2.91 bits per heavy atom. The fraction of sp³-hybridized carbons (Fsp3) is 0.200. The van der Waals surface area contributed by atoms with E-state index in [9.17, 15) is 4.79 Å². The van der Waals surface area contributed by atoms with Crippen molar-refractivity contribution in [3.05, 3.63) is 21.6 Å². The summed E-state index contributed by atoms with van der Waals surface area (Å²) in [5.74, 6) is -0.121. The minimum absolute atomic E-state index is 0.0720. The highest BCUT2D eigenvalue weighted by atomic mass is 35.5. The Hall–Kier alpha value is -1.23. The van der Waals surface area contributed by atoms with E-state index < -0.39 is 5.56 Å². The summed E-state index contributed by atoms with van der Waals surface area (Å²) in [6, 6.07) is 0. The lowest BCUT2D eigenvalue weighted by molar-refractivity contribution is 0.130. The lowest BCUT2D eigenvalue weighted by Crippen LogP contribution is -2.21. The highest BCUT2D eigenvalue weighted by Crippen LogP contribution is 2.15. The molecule has 0 bridgehead atoms. The van der Waals surface area contributed by atoms with Gasteiger partial charge in [-0.2, -0.15) is 0 Å². The molecular formula is C5H5ClN2O3. The molecule has 11 heavy (non-hydrogen) atoms. The summed E-state index contributed by atoms with van der Waals surface area (Å²) in [7, 11) is 1.28. The molecule has 0 atom stereocenters. The van der Waals surface area contributed by atoms with Crippen molar-refractivity contribution in [1.82, 2.24) is 9.94 Å². The Kier molecular flexibility index (Phi) is 2.00. The van der Waals surface area contributed by atoms with Gasteiger partial charge in [0.2, 0.25) is 5.75 Å². The lowest BCUT2D eigenvalue weighted by atomic mass is 10.5. The highest BCUT2D eigenvalue weighted by Gasteiger charge is 2.08. The number of nitrogens with zero attached hydrogens (tertiary/aromatic N) is 2. The molecule has 0 fully saturated rings. The molecule has 1 aromatic heterocycles. The monoisotopic (exact) mass is 176 g/mol. The first-order chi connectivity index (χ1) is 5.16. The average molecular weight is 177 g/mol. The van der Waals surface area contributed by atoms with E-state index in [1.54, 1.807) is 0 Å². The van der Waals surface area contributed by atoms with Crippen LogP contribution in [0.25, 0.3) is 0 Å². The van der Waals surface area contributed by atoms with Gasteiger partial charge in [0.05, 0.1) is 13.3 Å². The second-order valence-electron chi connectivity index (χ2n) is 1.72. The Bertz CT molecular complexity index is 322. The van der Waals surface area contributed by atoms with E-state index in [4.69, 9.17) is 16.8 Å². The third-order valence-electron chi connectivity index (χ3n) is 1.08. The van der Waals surface area contributed by atoms with Gasteiger partial charge in [0, 0.05) is 0 Å². The Morgan fingerprint density at radius 2 is 2.45 bits per heavy atom. The second-order valence-corrected chi connectivity index (χ2v) is 2.13. The predicted molar refractivity (Wildman–Crippen MR) is 37.2 cm³/mol. The summed E-state index contributed by atoms with van der Waals surface area (Å²) < 4.78 is 4.59. The quantitative estimate of drug-likeness (QED) is 0.619. The molecule has 1 aromatic rings. The predicted octanol–water partition coefficient (Wildman–Crippen LogP) is 0.143. The van der Waals surface area contributed by atoms with E-state index in [0.717, 1.165) is 6.20 Å². The number of aromatic nitrogens is 2. The standard InChI is InChI=1S/C5H5ClN2O3/c1-11-4-3(6)2-7-8(10)5(4)9/h2,10H,1H3. The van der Waals surface area contributed by atoms with Gasteiger partial charge in [0.15, 0.2) is 0 Å². The third-order valence-corrected chi connectivity index (χ3v) is 1.35. The van der Waals surface area contributed by atoms with Gasteiger partial charge in [-0.15, -0.1) is 5.10 Å². The number of ether oxygens (including phenoxy) is 1. The summed E-state index contributed by atoms with van der Waals surface area (Å²) in [6.07, 6.45) is 1.11. The van der Waals surface area contributed by atoms with Crippen molar-refractivity contribution in [2.75, 3.05) is 7.11 Å². The zero-order valence-electron chi connectivity index (χ0n) is 5.61. The molecule has 0 aliphatic rings. The van der Waals surface area contributed by atoms with Crippen LogP contribution >= 0.6 is 11.6 Å². The lowest BCUT2D eigenvalue weighted by Gasteiger charge is -2.00. The molecule has 0 radical (unpaired) electrons. The molecule has 0 aliphatic heterocycles. The average Bonchev–Trinajstić information content (AvgIpc) is 1.99. The van der Waals surface area contributed by atoms with Crippen molar-refractivity contribution in [1.29, 1.82) is 0 Å². The third kappa shape index (κ3) is 1.27.